The lowest BCUT2D eigenvalue weighted by Crippen LogP contribution is -2.11. The first kappa shape index (κ1) is 16.0. The Labute approximate surface area is 149 Å². The molecule has 0 fully saturated rings. The molecule has 130 valence electrons. The van der Waals surface area contributed by atoms with Crippen molar-refractivity contribution in [2.45, 2.75) is 0 Å². The van der Waals surface area contributed by atoms with E-state index in [1.54, 1.807) is 42.5 Å². The third kappa shape index (κ3) is 3.44. The highest BCUT2D eigenvalue weighted by Crippen LogP contribution is 2.32. The van der Waals surface area contributed by atoms with E-state index in [9.17, 15) is 9.18 Å². The van der Waals surface area contributed by atoms with Crippen molar-refractivity contribution < 1.29 is 18.7 Å². The van der Waals surface area contributed by atoms with Gasteiger partial charge in [-0.25, -0.2) is 4.39 Å². The first-order chi connectivity index (χ1) is 12.7. The number of ether oxygens (including phenoxy) is 2. The minimum Gasteiger partial charge on any atom is -0.454 e. The second kappa shape index (κ2) is 6.76. The average Bonchev–Trinajstić information content (AvgIpc) is 3.13. The number of fused-ring (bicyclic) bond motifs is 1. The van der Waals surface area contributed by atoms with Gasteiger partial charge in [-0.3, -0.25) is 4.79 Å². The Bertz CT molecular complexity index is 940. The summed E-state index contributed by atoms with van der Waals surface area (Å²) in [6.07, 6.45) is 0. The van der Waals surface area contributed by atoms with Gasteiger partial charge in [-0.1, -0.05) is 0 Å². The number of carbonyl (C=O) groups excluding carboxylic acids is 1. The van der Waals surface area contributed by atoms with Gasteiger partial charge in [-0.15, -0.1) is 0 Å². The van der Waals surface area contributed by atoms with E-state index in [2.05, 4.69) is 10.6 Å². The molecule has 2 N–H and O–H groups in total. The van der Waals surface area contributed by atoms with Gasteiger partial charge in [0.05, 0.1) is 0 Å². The van der Waals surface area contributed by atoms with Crippen LogP contribution in [0.1, 0.15) is 10.4 Å². The molecule has 0 spiro atoms. The highest BCUT2D eigenvalue weighted by atomic mass is 19.1. The highest BCUT2D eigenvalue weighted by molar-refractivity contribution is 6.04. The number of nitrogens with one attached hydrogen (secondary N) is 2. The Morgan fingerprint density at radius 1 is 0.808 bits per heavy atom. The summed E-state index contributed by atoms with van der Waals surface area (Å²) in [7, 11) is 0. The Hall–Kier alpha value is -3.54. The van der Waals surface area contributed by atoms with Crippen LogP contribution in [0, 0.1) is 5.82 Å². The normalized spacial score (nSPS) is 11.9. The van der Waals surface area contributed by atoms with Crippen LogP contribution in [0.3, 0.4) is 0 Å². The van der Waals surface area contributed by atoms with E-state index >= 15 is 0 Å². The number of hydrogen-bond acceptors (Lipinski definition) is 4. The lowest BCUT2D eigenvalue weighted by molar-refractivity contribution is 0.102. The summed E-state index contributed by atoms with van der Waals surface area (Å²) >= 11 is 0. The molecule has 0 saturated heterocycles. The SMILES string of the molecule is O=C(Nc1ccc(Nc2ccc(F)cc2)cc1)c1ccc2c(c1)OCO2. The van der Waals surface area contributed by atoms with Crippen molar-refractivity contribution in [1.82, 2.24) is 0 Å². The lowest BCUT2D eigenvalue weighted by atomic mass is 10.2. The topological polar surface area (TPSA) is 59.6 Å². The number of benzene rings is 3. The number of rotatable bonds is 4. The van der Waals surface area contributed by atoms with E-state index in [0.717, 1.165) is 11.4 Å². The van der Waals surface area contributed by atoms with E-state index in [1.807, 2.05) is 12.1 Å². The minimum atomic E-state index is -0.280. The van der Waals surface area contributed by atoms with Crippen LogP contribution in [0.2, 0.25) is 0 Å². The largest absolute Gasteiger partial charge is 0.454 e. The van der Waals surface area contributed by atoms with Gasteiger partial charge in [-0.05, 0) is 66.7 Å². The maximum Gasteiger partial charge on any atom is 0.255 e. The summed E-state index contributed by atoms with van der Waals surface area (Å²) in [6.45, 7) is 0.170. The second-order valence-electron chi connectivity index (χ2n) is 5.73. The molecule has 6 heteroatoms. The minimum absolute atomic E-state index is 0.170. The molecule has 4 rings (SSSR count). The molecule has 1 heterocycles. The van der Waals surface area contributed by atoms with Gasteiger partial charge in [0.15, 0.2) is 11.5 Å². The average molecular weight is 350 g/mol. The number of amides is 1. The van der Waals surface area contributed by atoms with Crippen molar-refractivity contribution in [3.8, 4) is 11.5 Å². The predicted octanol–water partition coefficient (Wildman–Crippen LogP) is 4.55. The van der Waals surface area contributed by atoms with E-state index < -0.39 is 0 Å². The van der Waals surface area contributed by atoms with Crippen LogP contribution in [-0.4, -0.2) is 12.7 Å². The summed E-state index contributed by atoms with van der Waals surface area (Å²) in [5, 5.41) is 6.00. The fourth-order valence-electron chi connectivity index (χ4n) is 2.58. The molecule has 0 bridgehead atoms. The van der Waals surface area contributed by atoms with Crippen molar-refractivity contribution in [3.63, 3.8) is 0 Å². The molecular formula is C20H15FN2O3. The quantitative estimate of drug-likeness (QED) is 0.725. The van der Waals surface area contributed by atoms with Crippen molar-refractivity contribution >= 4 is 23.0 Å². The molecule has 0 atom stereocenters. The Kier molecular flexibility index (Phi) is 4.15. The molecule has 5 nitrogen and oxygen atoms in total. The summed E-state index contributed by atoms with van der Waals surface area (Å²) in [4.78, 5) is 12.4. The van der Waals surface area contributed by atoms with Crippen LogP contribution < -0.4 is 20.1 Å². The fraction of sp³-hybridized carbons (Fsp3) is 0.0500. The molecule has 1 aliphatic rings. The van der Waals surface area contributed by atoms with Crippen molar-refractivity contribution in [2.24, 2.45) is 0 Å². The molecule has 3 aromatic carbocycles. The molecule has 0 saturated carbocycles. The first-order valence-electron chi connectivity index (χ1n) is 8.01. The van der Waals surface area contributed by atoms with Gasteiger partial charge >= 0.3 is 0 Å². The Balaban J connectivity index is 1.42. The standard InChI is InChI=1S/C20H15FN2O3/c21-14-2-4-15(5-3-14)22-16-6-8-17(9-7-16)23-20(24)13-1-10-18-19(11-13)26-12-25-18/h1-11,22H,12H2,(H,23,24). The van der Waals surface area contributed by atoms with Gasteiger partial charge in [0, 0.05) is 22.6 Å². The fourth-order valence-corrected chi connectivity index (χ4v) is 2.58. The molecular weight excluding hydrogens is 335 g/mol. The van der Waals surface area contributed by atoms with Gasteiger partial charge in [0.2, 0.25) is 6.79 Å². The zero-order valence-electron chi connectivity index (χ0n) is 13.7. The number of carbonyl (C=O) groups is 1. The van der Waals surface area contributed by atoms with E-state index in [1.165, 1.54) is 12.1 Å². The highest BCUT2D eigenvalue weighted by Gasteiger charge is 2.16. The molecule has 3 aromatic rings. The summed E-state index contributed by atoms with van der Waals surface area (Å²) in [5.74, 6) is 0.689. The molecule has 0 radical (unpaired) electrons. The molecule has 0 aliphatic carbocycles. The second-order valence-corrected chi connectivity index (χ2v) is 5.73. The van der Waals surface area contributed by atoms with Crippen LogP contribution in [0.5, 0.6) is 11.5 Å². The monoisotopic (exact) mass is 350 g/mol. The Morgan fingerprint density at radius 2 is 1.42 bits per heavy atom. The molecule has 0 unspecified atom stereocenters. The summed E-state index contributed by atoms with van der Waals surface area (Å²) < 4.78 is 23.5. The first-order valence-corrected chi connectivity index (χ1v) is 8.01. The molecule has 0 aromatic heterocycles. The van der Waals surface area contributed by atoms with E-state index in [0.29, 0.717) is 22.7 Å². The number of halogens is 1. The van der Waals surface area contributed by atoms with Crippen molar-refractivity contribution in [3.05, 3.63) is 78.1 Å². The third-order valence-corrected chi connectivity index (χ3v) is 3.91. The van der Waals surface area contributed by atoms with Gasteiger partial charge in [0.25, 0.3) is 5.91 Å². The van der Waals surface area contributed by atoms with Crippen molar-refractivity contribution in [2.75, 3.05) is 17.4 Å². The summed E-state index contributed by atoms with van der Waals surface area (Å²) in [6, 6.07) is 18.4. The third-order valence-electron chi connectivity index (χ3n) is 3.91. The predicted molar refractivity (Wildman–Crippen MR) is 96.6 cm³/mol. The van der Waals surface area contributed by atoms with Crippen LogP contribution in [-0.2, 0) is 0 Å². The maximum absolute atomic E-state index is 12.9. The van der Waals surface area contributed by atoms with Gasteiger partial charge in [-0.2, -0.15) is 0 Å². The Morgan fingerprint density at radius 3 is 2.15 bits per heavy atom. The van der Waals surface area contributed by atoms with Gasteiger partial charge in [0.1, 0.15) is 5.82 Å². The maximum atomic E-state index is 12.9. The zero-order valence-corrected chi connectivity index (χ0v) is 13.7. The summed E-state index contributed by atoms with van der Waals surface area (Å²) in [5.41, 5.74) is 2.77. The van der Waals surface area contributed by atoms with E-state index in [-0.39, 0.29) is 18.5 Å². The van der Waals surface area contributed by atoms with Crippen LogP contribution in [0.15, 0.2) is 66.7 Å². The zero-order chi connectivity index (χ0) is 17.9. The van der Waals surface area contributed by atoms with Crippen LogP contribution in [0.4, 0.5) is 21.5 Å². The molecule has 26 heavy (non-hydrogen) atoms. The van der Waals surface area contributed by atoms with Crippen molar-refractivity contribution in [1.29, 1.82) is 0 Å². The lowest BCUT2D eigenvalue weighted by Gasteiger charge is -2.09. The molecule has 1 aliphatic heterocycles. The van der Waals surface area contributed by atoms with E-state index in [4.69, 9.17) is 9.47 Å². The van der Waals surface area contributed by atoms with Gasteiger partial charge < -0.3 is 20.1 Å². The van der Waals surface area contributed by atoms with Crippen LogP contribution >= 0.6 is 0 Å². The number of anilines is 3. The van der Waals surface area contributed by atoms with Crippen LogP contribution in [0.25, 0.3) is 0 Å². The number of hydrogen-bond donors (Lipinski definition) is 2. The molecule has 1 amide bonds. The smallest absolute Gasteiger partial charge is 0.255 e.